The summed E-state index contributed by atoms with van der Waals surface area (Å²) < 4.78 is 11.8. The third-order valence-corrected chi connectivity index (χ3v) is 10.0. The lowest BCUT2D eigenvalue weighted by molar-refractivity contribution is -0.143. The molecule has 1 saturated carbocycles. The fraction of sp³-hybridized carbons (Fsp3) is 0.750. The number of fused-ring (bicyclic) bond motifs is 2. The van der Waals surface area contributed by atoms with Crippen molar-refractivity contribution in [3.8, 4) is 0 Å². The van der Waals surface area contributed by atoms with Crippen LogP contribution in [0.3, 0.4) is 0 Å². The highest BCUT2D eigenvalue weighted by molar-refractivity contribution is 6.74. The maximum Gasteiger partial charge on any atom is 0.314 e. The lowest BCUT2D eigenvalue weighted by Crippen LogP contribution is -2.51. The average Bonchev–Trinajstić information content (AvgIpc) is 2.49. The Labute approximate surface area is 128 Å². The Bertz CT molecular complexity index is 491. The summed E-state index contributed by atoms with van der Waals surface area (Å²) in [6.45, 7) is 16.7. The third kappa shape index (κ3) is 2.40. The van der Waals surface area contributed by atoms with Gasteiger partial charge in [0.15, 0.2) is 8.32 Å². The highest BCUT2D eigenvalue weighted by Crippen LogP contribution is 2.51. The van der Waals surface area contributed by atoms with E-state index in [1.807, 2.05) is 0 Å². The lowest BCUT2D eigenvalue weighted by atomic mass is 9.66. The zero-order valence-electron chi connectivity index (χ0n) is 13.9. The smallest absolute Gasteiger partial charge is 0.314 e. The molecule has 5 heteroatoms. The van der Waals surface area contributed by atoms with Gasteiger partial charge in [-0.1, -0.05) is 27.4 Å². The molecule has 0 N–H and O–H groups in total. The maximum absolute atomic E-state index is 12.1. The van der Waals surface area contributed by atoms with Crippen LogP contribution in [0.15, 0.2) is 12.2 Å². The Kier molecular flexibility index (Phi) is 3.74. The summed E-state index contributed by atoms with van der Waals surface area (Å²) in [5.74, 6) is -0.899. The van der Waals surface area contributed by atoms with Crippen molar-refractivity contribution in [2.24, 2.45) is 11.3 Å². The molecule has 1 aliphatic heterocycles. The maximum atomic E-state index is 12.1. The minimum atomic E-state index is -1.96. The van der Waals surface area contributed by atoms with Gasteiger partial charge in [-0.15, -0.1) is 0 Å². The quantitative estimate of drug-likeness (QED) is 0.348. The predicted octanol–water partition coefficient (Wildman–Crippen LogP) is 3.08. The molecular weight excluding hydrogens is 284 g/mol. The molecule has 118 valence electrons. The first kappa shape index (κ1) is 16.4. The van der Waals surface area contributed by atoms with Crippen LogP contribution >= 0.6 is 0 Å². The fourth-order valence-electron chi connectivity index (χ4n) is 2.96. The summed E-state index contributed by atoms with van der Waals surface area (Å²) in [6.07, 6.45) is 0.789. The molecular formula is C16H26O4Si. The van der Waals surface area contributed by atoms with Gasteiger partial charge in [0.05, 0.1) is 17.4 Å². The van der Waals surface area contributed by atoms with E-state index in [0.717, 1.165) is 6.29 Å². The van der Waals surface area contributed by atoms with Gasteiger partial charge in [0.25, 0.3) is 0 Å². The van der Waals surface area contributed by atoms with Crippen molar-refractivity contribution in [2.75, 3.05) is 0 Å². The van der Waals surface area contributed by atoms with Crippen molar-refractivity contribution in [1.82, 2.24) is 0 Å². The van der Waals surface area contributed by atoms with Crippen molar-refractivity contribution in [1.29, 1.82) is 0 Å². The summed E-state index contributed by atoms with van der Waals surface area (Å²) in [5, 5.41) is 0.0859. The van der Waals surface area contributed by atoms with Crippen molar-refractivity contribution < 1.29 is 18.8 Å². The average molecular weight is 310 g/mol. The number of aldehydes is 1. The van der Waals surface area contributed by atoms with Crippen LogP contribution in [0, 0.1) is 11.3 Å². The predicted molar refractivity (Wildman–Crippen MR) is 83.4 cm³/mol. The first-order valence-corrected chi connectivity index (χ1v) is 10.4. The van der Waals surface area contributed by atoms with E-state index >= 15 is 0 Å². The van der Waals surface area contributed by atoms with Crippen molar-refractivity contribution in [3.63, 3.8) is 0 Å². The lowest BCUT2D eigenvalue weighted by Gasteiger charge is -2.44. The van der Waals surface area contributed by atoms with Crippen molar-refractivity contribution in [2.45, 2.75) is 64.5 Å². The molecule has 0 unspecified atom stereocenters. The van der Waals surface area contributed by atoms with Crippen LogP contribution in [0.1, 0.15) is 34.1 Å². The van der Waals surface area contributed by atoms with E-state index in [1.54, 1.807) is 6.92 Å². The van der Waals surface area contributed by atoms with Crippen molar-refractivity contribution in [3.05, 3.63) is 12.2 Å². The van der Waals surface area contributed by atoms with Gasteiger partial charge in [-0.2, -0.15) is 0 Å². The molecule has 1 aliphatic carbocycles. The molecule has 4 atom stereocenters. The SMILES string of the molecule is C=C1[C@H]2C(=O)O[C@@H](C[C@H]1O[Si](C)(C)C(C)(C)C)[C@@]2(C)C=O. The van der Waals surface area contributed by atoms with E-state index in [2.05, 4.69) is 40.4 Å². The normalized spacial score (nSPS) is 36.6. The molecule has 2 fully saturated rings. The Morgan fingerprint density at radius 1 is 1.43 bits per heavy atom. The highest BCUT2D eigenvalue weighted by atomic mass is 28.4. The molecule has 0 aromatic heterocycles. The van der Waals surface area contributed by atoms with Crippen LogP contribution in [0.25, 0.3) is 0 Å². The summed E-state index contributed by atoms with van der Waals surface area (Å²) in [6, 6.07) is 0. The van der Waals surface area contributed by atoms with Gasteiger partial charge in [-0.3, -0.25) is 4.79 Å². The summed E-state index contributed by atoms with van der Waals surface area (Å²) >= 11 is 0. The van der Waals surface area contributed by atoms with E-state index in [1.165, 1.54) is 0 Å². The monoisotopic (exact) mass is 310 g/mol. The first-order chi connectivity index (χ1) is 9.44. The summed E-state index contributed by atoms with van der Waals surface area (Å²) in [7, 11) is -1.96. The van der Waals surface area contributed by atoms with Crippen LogP contribution in [-0.4, -0.2) is 32.8 Å². The second-order valence-corrected chi connectivity index (χ2v) is 12.8. The van der Waals surface area contributed by atoms with Gasteiger partial charge in [0.1, 0.15) is 12.4 Å². The largest absolute Gasteiger partial charge is 0.461 e. The van der Waals surface area contributed by atoms with Crippen LogP contribution in [-0.2, 0) is 18.8 Å². The molecule has 0 amide bonds. The Balaban J connectivity index is 2.27. The summed E-state index contributed by atoms with van der Waals surface area (Å²) in [5.41, 5.74) is -0.0882. The Morgan fingerprint density at radius 2 is 2.00 bits per heavy atom. The molecule has 21 heavy (non-hydrogen) atoms. The van der Waals surface area contributed by atoms with Crippen LogP contribution in [0.2, 0.25) is 18.1 Å². The second-order valence-electron chi connectivity index (χ2n) is 8.02. The molecule has 2 rings (SSSR count). The van der Waals surface area contributed by atoms with Crippen molar-refractivity contribution >= 4 is 20.6 Å². The van der Waals surface area contributed by atoms with Gasteiger partial charge >= 0.3 is 5.97 Å². The Morgan fingerprint density at radius 3 is 2.48 bits per heavy atom. The van der Waals surface area contributed by atoms with E-state index in [4.69, 9.17) is 9.16 Å². The first-order valence-electron chi connectivity index (χ1n) is 7.47. The standard InChI is InChI=1S/C16H26O4Si/c1-10-11(20-21(6,7)15(2,3)4)8-12-16(5,9-17)13(10)14(18)19-12/h9,11-13H,1,8H2,2-7H3/t11-,12+,13+,16-/m1/s1. The van der Waals surface area contributed by atoms with Crippen LogP contribution in [0.4, 0.5) is 0 Å². The number of rotatable bonds is 3. The number of hydrogen-bond acceptors (Lipinski definition) is 4. The number of carbonyl (C=O) groups is 2. The fourth-order valence-corrected chi connectivity index (χ4v) is 4.27. The Hall–Kier alpha value is -0.943. The topological polar surface area (TPSA) is 52.6 Å². The molecule has 4 nitrogen and oxygen atoms in total. The zero-order chi connectivity index (χ0) is 16.2. The molecule has 1 heterocycles. The number of esters is 1. The van der Waals surface area contributed by atoms with E-state index in [-0.39, 0.29) is 17.1 Å². The second kappa shape index (κ2) is 4.78. The molecule has 1 saturated heterocycles. The van der Waals surface area contributed by atoms with E-state index in [9.17, 15) is 9.59 Å². The molecule has 0 radical (unpaired) electrons. The van der Waals surface area contributed by atoms with E-state index < -0.39 is 25.8 Å². The van der Waals surface area contributed by atoms with Crippen LogP contribution in [0.5, 0.6) is 0 Å². The molecule has 0 aromatic carbocycles. The van der Waals surface area contributed by atoms with Crippen LogP contribution < -0.4 is 0 Å². The van der Waals surface area contributed by atoms with Gasteiger partial charge in [0, 0.05) is 6.42 Å². The summed E-state index contributed by atoms with van der Waals surface area (Å²) in [4.78, 5) is 23.5. The third-order valence-electron chi connectivity index (χ3n) is 5.52. The van der Waals surface area contributed by atoms with Gasteiger partial charge in [-0.25, -0.2) is 0 Å². The van der Waals surface area contributed by atoms with Gasteiger partial charge in [0.2, 0.25) is 0 Å². The molecule has 2 bridgehead atoms. The molecule has 0 spiro atoms. The number of hydrogen-bond donors (Lipinski definition) is 0. The number of carbonyl (C=O) groups excluding carboxylic acids is 2. The molecule has 0 aromatic rings. The number of ether oxygens (including phenoxy) is 1. The molecule has 2 aliphatic rings. The minimum absolute atomic E-state index is 0.0859. The zero-order valence-corrected chi connectivity index (χ0v) is 14.9. The minimum Gasteiger partial charge on any atom is -0.461 e. The van der Waals surface area contributed by atoms with Gasteiger partial charge in [-0.05, 0) is 30.6 Å². The highest BCUT2D eigenvalue weighted by Gasteiger charge is 2.61. The van der Waals surface area contributed by atoms with Gasteiger partial charge < -0.3 is 14.0 Å². The van der Waals surface area contributed by atoms with E-state index in [0.29, 0.717) is 12.0 Å².